The van der Waals surface area contributed by atoms with Crippen LogP contribution in [-0.4, -0.2) is 20.4 Å². The second-order valence-corrected chi connectivity index (χ2v) is 6.79. The Morgan fingerprint density at radius 2 is 1.84 bits per heavy atom. The molecule has 1 N–H and O–H groups in total. The van der Waals surface area contributed by atoms with E-state index in [0.29, 0.717) is 35.0 Å². The van der Waals surface area contributed by atoms with Crippen LogP contribution in [0.15, 0.2) is 53.3 Å². The van der Waals surface area contributed by atoms with E-state index in [1.165, 1.54) is 4.57 Å². The first kappa shape index (κ1) is 14.5. The van der Waals surface area contributed by atoms with E-state index in [2.05, 4.69) is 4.98 Å². The molecule has 0 unspecified atom stereocenters. The second kappa shape index (κ2) is 4.86. The van der Waals surface area contributed by atoms with Crippen molar-refractivity contribution in [2.45, 2.75) is 24.9 Å². The Hall–Kier alpha value is -2.79. The number of rotatable bonds is 1. The number of Topliss-reactive ketones (excluding diaryl/α,β-unsaturated/α-hetero) is 1. The van der Waals surface area contributed by atoms with Crippen molar-refractivity contribution in [2.24, 2.45) is 5.92 Å². The van der Waals surface area contributed by atoms with E-state index in [4.69, 9.17) is 0 Å². The highest BCUT2D eigenvalue weighted by Gasteiger charge is 2.53. The van der Waals surface area contributed by atoms with Crippen LogP contribution in [0, 0.1) is 5.92 Å². The molecule has 0 radical (unpaired) electrons. The highest BCUT2D eigenvalue weighted by atomic mass is 16.3. The lowest BCUT2D eigenvalue weighted by Gasteiger charge is -2.29. The van der Waals surface area contributed by atoms with Crippen LogP contribution in [-0.2, 0) is 10.4 Å². The number of nitrogens with zero attached hydrogens (tertiary/aromatic N) is 2. The van der Waals surface area contributed by atoms with Crippen LogP contribution in [0.2, 0.25) is 0 Å². The summed E-state index contributed by atoms with van der Waals surface area (Å²) in [5.74, 6) is -0.263. The van der Waals surface area contributed by atoms with Crippen LogP contribution in [0.3, 0.4) is 0 Å². The quantitative estimate of drug-likeness (QED) is 0.742. The first-order chi connectivity index (χ1) is 12.1. The number of carbonyl (C=O) groups is 1. The van der Waals surface area contributed by atoms with Crippen molar-refractivity contribution in [3.05, 3.63) is 70.3 Å². The van der Waals surface area contributed by atoms with Gasteiger partial charge >= 0.3 is 0 Å². The topological polar surface area (TPSA) is 72.2 Å². The van der Waals surface area contributed by atoms with E-state index in [9.17, 15) is 14.7 Å². The lowest BCUT2D eigenvalue weighted by Crippen LogP contribution is -2.39. The standard InChI is InChI=1S/C20H16N2O3/c23-17-11-5-8-14(17)20(25)13-7-2-4-10-16(13)22-18(24)12-6-1-3-9-15(12)21-19(20)22/h1-4,6-7,9-10,14,25H,5,8,11H2/t14-,20+/m1/s1. The SMILES string of the molecule is O=C1CCC[C@H]1[C@@]1(O)c2ccccc2-n2c1nc1ccccc1c2=O. The number of fused-ring (bicyclic) bond motifs is 4. The van der Waals surface area contributed by atoms with Crippen LogP contribution in [0.1, 0.15) is 30.7 Å². The average molecular weight is 332 g/mol. The minimum Gasteiger partial charge on any atom is -0.376 e. The predicted octanol–water partition coefficient (Wildman–Crippen LogP) is 2.30. The molecule has 1 saturated carbocycles. The van der Waals surface area contributed by atoms with Crippen molar-refractivity contribution in [1.82, 2.24) is 9.55 Å². The zero-order valence-electron chi connectivity index (χ0n) is 13.5. The predicted molar refractivity (Wildman–Crippen MR) is 92.7 cm³/mol. The molecule has 25 heavy (non-hydrogen) atoms. The fraction of sp³-hybridized carbons (Fsp3) is 0.250. The van der Waals surface area contributed by atoms with Gasteiger partial charge in [0.25, 0.3) is 5.56 Å². The maximum atomic E-state index is 13.1. The van der Waals surface area contributed by atoms with Gasteiger partial charge in [0.1, 0.15) is 5.78 Å². The minimum absolute atomic E-state index is 0.0353. The van der Waals surface area contributed by atoms with Crippen LogP contribution < -0.4 is 5.56 Å². The van der Waals surface area contributed by atoms with E-state index in [1.807, 2.05) is 18.2 Å². The van der Waals surface area contributed by atoms with Gasteiger partial charge in [-0.25, -0.2) is 4.98 Å². The Morgan fingerprint density at radius 3 is 2.64 bits per heavy atom. The van der Waals surface area contributed by atoms with E-state index >= 15 is 0 Å². The molecule has 1 aliphatic carbocycles. The number of hydrogen-bond donors (Lipinski definition) is 1. The minimum atomic E-state index is -1.55. The molecule has 0 saturated heterocycles. The molecule has 2 aromatic carbocycles. The summed E-state index contributed by atoms with van der Waals surface area (Å²) in [6.45, 7) is 0. The molecule has 124 valence electrons. The van der Waals surface area contributed by atoms with Gasteiger partial charge in [-0.3, -0.25) is 14.2 Å². The Balaban J connectivity index is 1.93. The molecule has 1 fully saturated rings. The van der Waals surface area contributed by atoms with Crippen molar-refractivity contribution < 1.29 is 9.90 Å². The van der Waals surface area contributed by atoms with E-state index in [1.54, 1.807) is 30.3 Å². The molecule has 1 aromatic heterocycles. The number of benzene rings is 2. The highest BCUT2D eigenvalue weighted by molar-refractivity contribution is 5.86. The summed E-state index contributed by atoms with van der Waals surface area (Å²) in [6, 6.07) is 14.3. The van der Waals surface area contributed by atoms with Gasteiger partial charge in [0.05, 0.1) is 22.5 Å². The van der Waals surface area contributed by atoms with Gasteiger partial charge < -0.3 is 5.11 Å². The number of para-hydroxylation sites is 2. The molecular weight excluding hydrogens is 316 g/mol. The third-order valence-electron chi connectivity index (χ3n) is 5.48. The molecule has 2 aliphatic rings. The summed E-state index contributed by atoms with van der Waals surface area (Å²) >= 11 is 0. The highest BCUT2D eigenvalue weighted by Crippen LogP contribution is 2.48. The molecule has 0 amide bonds. The van der Waals surface area contributed by atoms with Crippen molar-refractivity contribution in [3.8, 4) is 5.69 Å². The van der Waals surface area contributed by atoms with Crippen LogP contribution in [0.4, 0.5) is 0 Å². The Labute approximate surface area is 143 Å². The molecule has 0 bridgehead atoms. The van der Waals surface area contributed by atoms with Crippen molar-refractivity contribution in [3.63, 3.8) is 0 Å². The largest absolute Gasteiger partial charge is 0.376 e. The van der Waals surface area contributed by atoms with Gasteiger partial charge in [-0.15, -0.1) is 0 Å². The number of aliphatic hydroxyl groups is 1. The maximum absolute atomic E-state index is 13.1. The Kier molecular flexibility index (Phi) is 2.83. The zero-order valence-corrected chi connectivity index (χ0v) is 13.5. The van der Waals surface area contributed by atoms with E-state index < -0.39 is 11.5 Å². The Morgan fingerprint density at radius 1 is 1.08 bits per heavy atom. The lowest BCUT2D eigenvalue weighted by atomic mass is 9.80. The van der Waals surface area contributed by atoms with Gasteiger partial charge in [0, 0.05) is 12.0 Å². The molecule has 1 aliphatic heterocycles. The fourth-order valence-corrected chi connectivity index (χ4v) is 4.32. The van der Waals surface area contributed by atoms with Crippen LogP contribution in [0.5, 0.6) is 0 Å². The monoisotopic (exact) mass is 332 g/mol. The number of aromatic nitrogens is 2. The second-order valence-electron chi connectivity index (χ2n) is 6.79. The van der Waals surface area contributed by atoms with Crippen molar-refractivity contribution in [1.29, 1.82) is 0 Å². The third-order valence-corrected chi connectivity index (χ3v) is 5.48. The van der Waals surface area contributed by atoms with Crippen LogP contribution in [0.25, 0.3) is 16.6 Å². The maximum Gasteiger partial charge on any atom is 0.266 e. The first-order valence-corrected chi connectivity index (χ1v) is 8.49. The number of carbonyl (C=O) groups excluding carboxylic acids is 1. The molecule has 5 nitrogen and oxygen atoms in total. The summed E-state index contributed by atoms with van der Waals surface area (Å²) < 4.78 is 1.48. The fourth-order valence-electron chi connectivity index (χ4n) is 4.32. The van der Waals surface area contributed by atoms with Gasteiger partial charge in [-0.2, -0.15) is 0 Å². The average Bonchev–Trinajstić information content (AvgIpc) is 3.17. The number of hydrogen-bond acceptors (Lipinski definition) is 4. The molecule has 5 heteroatoms. The zero-order chi connectivity index (χ0) is 17.2. The molecule has 2 atom stereocenters. The van der Waals surface area contributed by atoms with Crippen molar-refractivity contribution >= 4 is 16.7 Å². The van der Waals surface area contributed by atoms with Crippen LogP contribution >= 0.6 is 0 Å². The van der Waals surface area contributed by atoms with Gasteiger partial charge in [0.15, 0.2) is 11.4 Å². The van der Waals surface area contributed by atoms with E-state index in [-0.39, 0.29) is 17.2 Å². The number of ketones is 1. The first-order valence-electron chi connectivity index (χ1n) is 8.49. The van der Waals surface area contributed by atoms with E-state index in [0.717, 1.165) is 6.42 Å². The summed E-state index contributed by atoms with van der Waals surface area (Å²) in [5, 5.41) is 12.2. The van der Waals surface area contributed by atoms with Gasteiger partial charge in [0.2, 0.25) is 0 Å². The van der Waals surface area contributed by atoms with Gasteiger partial charge in [-0.1, -0.05) is 30.3 Å². The normalized spacial score (nSPS) is 24.5. The summed E-state index contributed by atoms with van der Waals surface area (Å²) in [4.78, 5) is 30.2. The molecule has 2 heterocycles. The molecule has 3 aromatic rings. The van der Waals surface area contributed by atoms with Gasteiger partial charge in [-0.05, 0) is 31.0 Å². The summed E-state index contributed by atoms with van der Waals surface area (Å²) in [6.07, 6.45) is 1.82. The molecular formula is C20H16N2O3. The van der Waals surface area contributed by atoms with Crippen molar-refractivity contribution in [2.75, 3.05) is 0 Å². The third kappa shape index (κ3) is 1.73. The summed E-state index contributed by atoms with van der Waals surface area (Å²) in [5.41, 5.74) is -0.0177. The molecule has 0 spiro atoms. The summed E-state index contributed by atoms with van der Waals surface area (Å²) in [7, 11) is 0. The molecule has 5 rings (SSSR count). The smallest absolute Gasteiger partial charge is 0.266 e. The Bertz CT molecular complexity index is 1100. The lowest BCUT2D eigenvalue weighted by molar-refractivity contribution is -0.127.